The lowest BCUT2D eigenvalue weighted by Crippen LogP contribution is -2.27. The van der Waals surface area contributed by atoms with Crippen molar-refractivity contribution in [3.05, 3.63) is 27.8 Å². The van der Waals surface area contributed by atoms with Crippen LogP contribution in [0.25, 0.3) is 0 Å². The van der Waals surface area contributed by atoms with E-state index in [0.717, 1.165) is 18.5 Å². The maximum absolute atomic E-state index is 11.4. The molecule has 0 spiro atoms. The number of hydrogen-bond donors (Lipinski definition) is 2. The summed E-state index contributed by atoms with van der Waals surface area (Å²) in [5.41, 5.74) is 1.07. The Morgan fingerprint density at radius 1 is 1.31 bits per heavy atom. The Bertz CT molecular complexity index is 360. The smallest absolute Gasteiger partial charge is 0.221 e. The average molecular weight is 330 g/mol. The van der Waals surface area contributed by atoms with Gasteiger partial charge in [0.05, 0.1) is 0 Å². The first-order valence-electron chi connectivity index (χ1n) is 5.53. The Morgan fingerprint density at radius 2 is 2.00 bits per heavy atom. The first-order valence-corrected chi connectivity index (χ1v) is 6.61. The highest BCUT2D eigenvalue weighted by Crippen LogP contribution is 2.18. The molecule has 2 N–H and O–H groups in total. The van der Waals surface area contributed by atoms with Gasteiger partial charge in [-0.3, -0.25) is 4.79 Å². The van der Waals surface area contributed by atoms with E-state index in [1.807, 2.05) is 24.3 Å². The van der Waals surface area contributed by atoms with Crippen molar-refractivity contribution in [1.29, 1.82) is 0 Å². The second kappa shape index (κ2) is 5.52. The number of anilines is 1. The Morgan fingerprint density at radius 3 is 2.62 bits per heavy atom. The molecule has 1 aliphatic carbocycles. The average Bonchev–Trinajstić information content (AvgIpc) is 3.05. The predicted octanol–water partition coefficient (Wildman–Crippen LogP) is 2.37. The number of rotatable bonds is 5. The first-order chi connectivity index (χ1) is 7.74. The van der Waals surface area contributed by atoms with Crippen LogP contribution in [0.15, 0.2) is 24.3 Å². The molecular formula is C12H15IN2O. The van der Waals surface area contributed by atoms with E-state index < -0.39 is 0 Å². The molecule has 4 heteroatoms. The minimum absolute atomic E-state index is 0.153. The van der Waals surface area contributed by atoms with E-state index in [-0.39, 0.29) is 5.91 Å². The summed E-state index contributed by atoms with van der Waals surface area (Å²) in [6, 6.07) is 8.62. The molecule has 0 aromatic heterocycles. The van der Waals surface area contributed by atoms with Crippen molar-refractivity contribution < 1.29 is 4.79 Å². The maximum atomic E-state index is 11.4. The number of halogens is 1. The molecule has 1 amide bonds. The molecule has 86 valence electrons. The van der Waals surface area contributed by atoms with Crippen LogP contribution in [0.1, 0.15) is 19.3 Å². The van der Waals surface area contributed by atoms with Gasteiger partial charge >= 0.3 is 0 Å². The van der Waals surface area contributed by atoms with Gasteiger partial charge < -0.3 is 10.6 Å². The van der Waals surface area contributed by atoms with E-state index >= 15 is 0 Å². The monoisotopic (exact) mass is 330 g/mol. The summed E-state index contributed by atoms with van der Waals surface area (Å²) in [7, 11) is 0. The Hall–Kier alpha value is -0.780. The van der Waals surface area contributed by atoms with Crippen molar-refractivity contribution in [3.63, 3.8) is 0 Å². The fourth-order valence-electron chi connectivity index (χ4n) is 1.42. The molecule has 1 aliphatic rings. The fourth-order valence-corrected chi connectivity index (χ4v) is 1.78. The van der Waals surface area contributed by atoms with Crippen molar-refractivity contribution in [1.82, 2.24) is 5.32 Å². The number of amides is 1. The molecule has 1 aromatic rings. The topological polar surface area (TPSA) is 41.1 Å². The lowest BCUT2D eigenvalue weighted by molar-refractivity contribution is -0.120. The van der Waals surface area contributed by atoms with Gasteiger partial charge in [0.2, 0.25) is 5.91 Å². The molecule has 1 fully saturated rings. The van der Waals surface area contributed by atoms with E-state index in [0.29, 0.717) is 19.0 Å². The number of carbonyl (C=O) groups excluding carboxylic acids is 1. The largest absolute Gasteiger partial charge is 0.385 e. The minimum Gasteiger partial charge on any atom is -0.385 e. The third-order valence-electron chi connectivity index (χ3n) is 2.47. The Balaban J connectivity index is 1.66. The second-order valence-electron chi connectivity index (χ2n) is 4.03. The molecule has 3 nitrogen and oxygen atoms in total. The van der Waals surface area contributed by atoms with Crippen molar-refractivity contribution in [2.45, 2.75) is 25.3 Å². The number of nitrogens with one attached hydrogen (secondary N) is 2. The zero-order valence-corrected chi connectivity index (χ0v) is 11.2. The van der Waals surface area contributed by atoms with Gasteiger partial charge in [-0.05, 0) is 59.7 Å². The van der Waals surface area contributed by atoms with E-state index in [9.17, 15) is 4.79 Å². The third-order valence-corrected chi connectivity index (χ3v) is 3.19. The van der Waals surface area contributed by atoms with Crippen LogP contribution in [-0.4, -0.2) is 18.5 Å². The Labute approximate surface area is 109 Å². The van der Waals surface area contributed by atoms with Crippen LogP contribution in [0.5, 0.6) is 0 Å². The standard InChI is InChI=1S/C12H15IN2O/c13-9-1-3-10(4-2-9)14-8-7-12(16)15-11-5-6-11/h1-4,11,14H,5-8H2,(H,15,16). The van der Waals surface area contributed by atoms with E-state index in [2.05, 4.69) is 33.2 Å². The summed E-state index contributed by atoms with van der Waals surface area (Å²) in [5.74, 6) is 0.153. The Kier molecular flexibility index (Phi) is 4.04. The first kappa shape index (κ1) is 11.7. The molecular weight excluding hydrogens is 315 g/mol. The number of benzene rings is 1. The lowest BCUT2D eigenvalue weighted by Gasteiger charge is -2.06. The van der Waals surface area contributed by atoms with Gasteiger partial charge in [0, 0.05) is 28.3 Å². The van der Waals surface area contributed by atoms with Gasteiger partial charge in [-0.25, -0.2) is 0 Å². The van der Waals surface area contributed by atoms with E-state index in [4.69, 9.17) is 0 Å². The van der Waals surface area contributed by atoms with Crippen molar-refractivity contribution in [3.8, 4) is 0 Å². The zero-order chi connectivity index (χ0) is 11.4. The highest BCUT2D eigenvalue weighted by Gasteiger charge is 2.22. The summed E-state index contributed by atoms with van der Waals surface area (Å²) in [4.78, 5) is 11.4. The zero-order valence-electron chi connectivity index (χ0n) is 9.00. The van der Waals surface area contributed by atoms with Crippen molar-refractivity contribution in [2.24, 2.45) is 0 Å². The van der Waals surface area contributed by atoms with E-state index in [1.54, 1.807) is 0 Å². The van der Waals surface area contributed by atoms with Gasteiger partial charge in [0.15, 0.2) is 0 Å². The molecule has 0 unspecified atom stereocenters. The highest BCUT2D eigenvalue weighted by atomic mass is 127. The third kappa shape index (κ3) is 4.00. The molecule has 0 bridgehead atoms. The van der Waals surface area contributed by atoms with E-state index in [1.165, 1.54) is 3.57 Å². The second-order valence-corrected chi connectivity index (χ2v) is 5.27. The molecule has 0 aliphatic heterocycles. The quantitative estimate of drug-likeness (QED) is 0.814. The summed E-state index contributed by atoms with van der Waals surface area (Å²) < 4.78 is 1.22. The lowest BCUT2D eigenvalue weighted by atomic mass is 10.3. The molecule has 1 saturated carbocycles. The molecule has 0 radical (unpaired) electrons. The van der Waals surface area contributed by atoms with Gasteiger partial charge in [0.25, 0.3) is 0 Å². The predicted molar refractivity (Wildman–Crippen MR) is 73.4 cm³/mol. The number of hydrogen-bond acceptors (Lipinski definition) is 2. The fraction of sp³-hybridized carbons (Fsp3) is 0.417. The minimum atomic E-state index is 0.153. The summed E-state index contributed by atoms with van der Waals surface area (Å²) in [6.07, 6.45) is 2.84. The molecule has 2 rings (SSSR count). The van der Waals surface area contributed by atoms with Crippen LogP contribution in [0, 0.1) is 3.57 Å². The summed E-state index contributed by atoms with van der Waals surface area (Å²) in [6.45, 7) is 0.694. The van der Waals surface area contributed by atoms with Crippen LogP contribution in [0.3, 0.4) is 0 Å². The summed E-state index contributed by atoms with van der Waals surface area (Å²) in [5, 5.41) is 6.20. The molecule has 1 aromatic carbocycles. The SMILES string of the molecule is O=C(CCNc1ccc(I)cc1)NC1CC1. The molecule has 0 saturated heterocycles. The maximum Gasteiger partial charge on any atom is 0.221 e. The van der Waals surface area contributed by atoms with Crippen LogP contribution in [-0.2, 0) is 4.79 Å². The van der Waals surface area contributed by atoms with Crippen molar-refractivity contribution in [2.75, 3.05) is 11.9 Å². The van der Waals surface area contributed by atoms with Gasteiger partial charge in [0.1, 0.15) is 0 Å². The molecule has 0 heterocycles. The van der Waals surface area contributed by atoms with Crippen LogP contribution in [0.4, 0.5) is 5.69 Å². The number of carbonyl (C=O) groups is 1. The summed E-state index contributed by atoms with van der Waals surface area (Å²) >= 11 is 2.27. The highest BCUT2D eigenvalue weighted by molar-refractivity contribution is 14.1. The van der Waals surface area contributed by atoms with Gasteiger partial charge in [-0.1, -0.05) is 0 Å². The van der Waals surface area contributed by atoms with Crippen LogP contribution < -0.4 is 10.6 Å². The van der Waals surface area contributed by atoms with Crippen LogP contribution >= 0.6 is 22.6 Å². The van der Waals surface area contributed by atoms with Crippen LogP contribution in [0.2, 0.25) is 0 Å². The van der Waals surface area contributed by atoms with Gasteiger partial charge in [-0.2, -0.15) is 0 Å². The molecule has 0 atom stereocenters. The van der Waals surface area contributed by atoms with Gasteiger partial charge in [-0.15, -0.1) is 0 Å². The van der Waals surface area contributed by atoms with Crippen molar-refractivity contribution >= 4 is 34.2 Å². The normalized spacial score (nSPS) is 14.6. The molecule has 16 heavy (non-hydrogen) atoms.